The minimum Gasteiger partial charge on any atom is -0.357 e. The number of nitrogens with one attached hydrogen (secondary N) is 2. The number of amides is 3. The fourth-order valence-electron chi connectivity index (χ4n) is 4.62. The first kappa shape index (κ1) is 18.7. The summed E-state index contributed by atoms with van der Waals surface area (Å²) in [5.74, 6) is 0.0985. The van der Waals surface area contributed by atoms with Crippen LogP contribution in [-0.2, 0) is 30.7 Å². The molecule has 154 valence electrons. The van der Waals surface area contributed by atoms with Crippen molar-refractivity contribution in [2.75, 3.05) is 19.6 Å². The molecule has 3 heterocycles. The normalized spacial score (nSPS) is 15.6. The Bertz CT molecular complexity index is 1100. The number of carbonyl (C=O) groups is 2. The summed E-state index contributed by atoms with van der Waals surface area (Å²) in [6.45, 7) is 3.05. The summed E-state index contributed by atoms with van der Waals surface area (Å²) in [5.41, 5.74) is 6.11. The van der Waals surface area contributed by atoms with Gasteiger partial charge in [-0.15, -0.1) is 0 Å². The van der Waals surface area contributed by atoms with E-state index >= 15 is 0 Å². The highest BCUT2D eigenvalue weighted by molar-refractivity contribution is 5.85. The zero-order valence-corrected chi connectivity index (χ0v) is 17.0. The largest absolute Gasteiger partial charge is 0.357 e. The lowest BCUT2D eigenvalue weighted by Crippen LogP contribution is -2.44. The van der Waals surface area contributed by atoms with Crippen LogP contribution in [0.5, 0.6) is 0 Å². The lowest BCUT2D eigenvalue weighted by molar-refractivity contribution is -0.131. The van der Waals surface area contributed by atoms with Gasteiger partial charge in [-0.25, -0.2) is 4.79 Å². The van der Waals surface area contributed by atoms with Crippen molar-refractivity contribution < 1.29 is 9.59 Å². The molecule has 0 bridgehead atoms. The van der Waals surface area contributed by atoms with E-state index in [2.05, 4.69) is 34.6 Å². The molecule has 2 aliphatic heterocycles. The van der Waals surface area contributed by atoms with Gasteiger partial charge in [0.25, 0.3) is 0 Å². The van der Waals surface area contributed by atoms with Crippen LogP contribution < -0.4 is 5.32 Å². The second-order valence-electron chi connectivity index (χ2n) is 8.12. The van der Waals surface area contributed by atoms with E-state index in [4.69, 9.17) is 0 Å². The molecule has 0 saturated carbocycles. The predicted octanol–water partition coefficient (Wildman–Crippen LogP) is 3.21. The van der Waals surface area contributed by atoms with Crippen LogP contribution in [0, 0.1) is 0 Å². The van der Waals surface area contributed by atoms with Crippen LogP contribution in [0.15, 0.2) is 48.5 Å². The minimum atomic E-state index is -0.101. The van der Waals surface area contributed by atoms with Crippen LogP contribution in [0.1, 0.15) is 28.8 Å². The molecular formula is C24H26N4O2. The molecule has 30 heavy (non-hydrogen) atoms. The molecule has 0 unspecified atom stereocenters. The average Bonchev–Trinajstić information content (AvgIpc) is 3.16. The highest BCUT2D eigenvalue weighted by atomic mass is 16.2. The zero-order valence-electron chi connectivity index (χ0n) is 17.0. The fourth-order valence-corrected chi connectivity index (χ4v) is 4.62. The van der Waals surface area contributed by atoms with Gasteiger partial charge in [-0.05, 0) is 35.6 Å². The maximum atomic E-state index is 12.6. The Morgan fingerprint density at radius 1 is 0.900 bits per heavy atom. The first-order chi connectivity index (χ1) is 14.7. The summed E-state index contributed by atoms with van der Waals surface area (Å²) < 4.78 is 0. The van der Waals surface area contributed by atoms with E-state index in [0.717, 1.165) is 30.6 Å². The van der Waals surface area contributed by atoms with Crippen LogP contribution >= 0.6 is 0 Å². The molecule has 3 amide bonds. The summed E-state index contributed by atoms with van der Waals surface area (Å²) in [6, 6.07) is 16.5. The Morgan fingerprint density at radius 2 is 1.67 bits per heavy atom. The SMILES string of the molecule is O=C(CCNC(=O)N1CCc2c([nH]c3ccccc23)C1)N1CCc2ccccc2C1. The molecule has 0 atom stereocenters. The average molecular weight is 402 g/mol. The van der Waals surface area contributed by atoms with Crippen molar-refractivity contribution in [1.82, 2.24) is 20.1 Å². The van der Waals surface area contributed by atoms with Gasteiger partial charge in [-0.2, -0.15) is 0 Å². The van der Waals surface area contributed by atoms with Gasteiger partial charge in [0, 0.05) is 49.2 Å². The number of carbonyl (C=O) groups excluding carboxylic acids is 2. The number of hydrogen-bond acceptors (Lipinski definition) is 2. The summed E-state index contributed by atoms with van der Waals surface area (Å²) in [7, 11) is 0. The Labute approximate surface area is 175 Å². The Kier molecular flexibility index (Phi) is 4.91. The number of fused-ring (bicyclic) bond motifs is 4. The number of aromatic amines is 1. The lowest BCUT2D eigenvalue weighted by Gasteiger charge is -2.29. The van der Waals surface area contributed by atoms with E-state index in [9.17, 15) is 9.59 Å². The van der Waals surface area contributed by atoms with Crippen molar-refractivity contribution >= 4 is 22.8 Å². The molecule has 2 N–H and O–H groups in total. The van der Waals surface area contributed by atoms with Crippen molar-refractivity contribution in [3.05, 3.63) is 70.9 Å². The van der Waals surface area contributed by atoms with Crippen LogP contribution in [0.2, 0.25) is 0 Å². The van der Waals surface area contributed by atoms with Gasteiger partial charge < -0.3 is 20.1 Å². The number of hydrogen-bond donors (Lipinski definition) is 2. The number of rotatable bonds is 3. The highest BCUT2D eigenvalue weighted by Crippen LogP contribution is 2.27. The van der Waals surface area contributed by atoms with Crippen LogP contribution in [0.25, 0.3) is 10.9 Å². The molecule has 5 rings (SSSR count). The molecule has 0 fully saturated rings. The molecule has 1 aromatic heterocycles. The highest BCUT2D eigenvalue weighted by Gasteiger charge is 2.24. The first-order valence-corrected chi connectivity index (χ1v) is 10.6. The van der Waals surface area contributed by atoms with Gasteiger partial charge in [0.1, 0.15) is 0 Å². The van der Waals surface area contributed by atoms with Gasteiger partial charge in [-0.3, -0.25) is 4.79 Å². The number of benzene rings is 2. The maximum absolute atomic E-state index is 12.6. The quantitative estimate of drug-likeness (QED) is 0.706. The van der Waals surface area contributed by atoms with E-state index in [1.54, 1.807) is 0 Å². The van der Waals surface area contributed by atoms with Crippen molar-refractivity contribution in [3.8, 4) is 0 Å². The molecule has 0 radical (unpaired) electrons. The summed E-state index contributed by atoms with van der Waals surface area (Å²) >= 11 is 0. The summed E-state index contributed by atoms with van der Waals surface area (Å²) in [4.78, 5) is 32.4. The van der Waals surface area contributed by atoms with E-state index in [0.29, 0.717) is 32.6 Å². The Balaban J connectivity index is 1.13. The third-order valence-electron chi connectivity index (χ3n) is 6.27. The number of urea groups is 1. The molecule has 2 aromatic carbocycles. The first-order valence-electron chi connectivity index (χ1n) is 10.6. The smallest absolute Gasteiger partial charge is 0.317 e. The summed E-state index contributed by atoms with van der Waals surface area (Å²) in [5, 5.41) is 4.18. The molecule has 2 aliphatic rings. The van der Waals surface area contributed by atoms with Crippen molar-refractivity contribution in [2.24, 2.45) is 0 Å². The topological polar surface area (TPSA) is 68.4 Å². The number of nitrogens with zero attached hydrogens (tertiary/aromatic N) is 2. The van der Waals surface area contributed by atoms with Gasteiger partial charge in [0.2, 0.25) is 5.91 Å². The minimum absolute atomic E-state index is 0.0985. The monoisotopic (exact) mass is 402 g/mol. The molecule has 0 saturated heterocycles. The maximum Gasteiger partial charge on any atom is 0.317 e. The molecule has 0 aliphatic carbocycles. The standard InChI is InChI=1S/C24H26N4O2/c29-23(27-13-10-17-5-1-2-6-18(17)15-27)9-12-25-24(30)28-14-11-20-19-7-3-4-8-21(19)26-22(20)16-28/h1-8,26H,9-16H2,(H,25,30). The van der Waals surface area contributed by atoms with Gasteiger partial charge in [0.15, 0.2) is 0 Å². The van der Waals surface area contributed by atoms with Gasteiger partial charge in [0.05, 0.1) is 6.54 Å². The number of para-hydroxylation sites is 1. The van der Waals surface area contributed by atoms with Gasteiger partial charge in [-0.1, -0.05) is 42.5 Å². The number of aromatic nitrogens is 1. The van der Waals surface area contributed by atoms with E-state index in [1.807, 2.05) is 34.1 Å². The number of H-pyrrole nitrogens is 1. The molecule has 6 nitrogen and oxygen atoms in total. The van der Waals surface area contributed by atoms with Gasteiger partial charge >= 0.3 is 6.03 Å². The third kappa shape index (κ3) is 3.54. The molecule has 0 spiro atoms. The van der Waals surface area contributed by atoms with E-state index < -0.39 is 0 Å². The van der Waals surface area contributed by atoms with E-state index in [1.165, 1.54) is 22.1 Å². The van der Waals surface area contributed by atoms with Crippen LogP contribution in [-0.4, -0.2) is 46.4 Å². The molecule has 3 aromatic rings. The predicted molar refractivity (Wildman–Crippen MR) is 116 cm³/mol. The van der Waals surface area contributed by atoms with Crippen molar-refractivity contribution in [1.29, 1.82) is 0 Å². The van der Waals surface area contributed by atoms with Crippen LogP contribution in [0.3, 0.4) is 0 Å². The second kappa shape index (κ2) is 7.86. The fraction of sp³-hybridized carbons (Fsp3) is 0.333. The third-order valence-corrected chi connectivity index (χ3v) is 6.27. The Morgan fingerprint density at radius 3 is 2.57 bits per heavy atom. The van der Waals surface area contributed by atoms with Crippen molar-refractivity contribution in [3.63, 3.8) is 0 Å². The van der Waals surface area contributed by atoms with Crippen molar-refractivity contribution in [2.45, 2.75) is 32.4 Å². The Hall–Kier alpha value is -3.28. The van der Waals surface area contributed by atoms with E-state index in [-0.39, 0.29) is 11.9 Å². The molecular weight excluding hydrogens is 376 g/mol. The zero-order chi connectivity index (χ0) is 20.5. The van der Waals surface area contributed by atoms with Crippen LogP contribution in [0.4, 0.5) is 4.79 Å². The molecule has 6 heteroatoms. The lowest BCUT2D eigenvalue weighted by atomic mass is 10.00. The second-order valence-corrected chi connectivity index (χ2v) is 8.12. The summed E-state index contributed by atoms with van der Waals surface area (Å²) in [6.07, 6.45) is 2.08.